The summed E-state index contributed by atoms with van der Waals surface area (Å²) in [5.41, 5.74) is 2.96. The van der Waals surface area contributed by atoms with E-state index >= 15 is 0 Å². The lowest BCUT2D eigenvalue weighted by Crippen LogP contribution is -2.35. The van der Waals surface area contributed by atoms with Gasteiger partial charge >= 0.3 is 0 Å². The zero-order valence-electron chi connectivity index (χ0n) is 16.3. The van der Waals surface area contributed by atoms with E-state index in [0.29, 0.717) is 3.95 Å². The second-order valence-corrected chi connectivity index (χ2v) is 9.65. The van der Waals surface area contributed by atoms with Gasteiger partial charge in [-0.2, -0.15) is 0 Å². The lowest BCUT2D eigenvalue weighted by Gasteiger charge is -2.26. The molecule has 2 heterocycles. The monoisotopic (exact) mass is 458 g/mol. The first kappa shape index (κ1) is 21.2. The lowest BCUT2D eigenvalue weighted by atomic mass is 10.2. The Morgan fingerprint density at radius 2 is 1.87 bits per heavy atom. The van der Waals surface area contributed by atoms with Crippen molar-refractivity contribution >= 4 is 46.9 Å². The highest BCUT2D eigenvalue weighted by Gasteiger charge is 2.12. The Kier molecular flexibility index (Phi) is 7.29. The number of benzene rings is 2. The summed E-state index contributed by atoms with van der Waals surface area (Å²) < 4.78 is 8.56. The van der Waals surface area contributed by atoms with Gasteiger partial charge in [-0.25, -0.2) is 4.68 Å². The predicted octanol–water partition coefficient (Wildman–Crippen LogP) is 4.23. The minimum atomic E-state index is -0.0618. The van der Waals surface area contributed by atoms with Crippen LogP contribution in [0.15, 0.2) is 58.9 Å². The molecule has 0 aliphatic carbocycles. The van der Waals surface area contributed by atoms with E-state index in [2.05, 4.69) is 27.4 Å². The Bertz CT molecular complexity index is 1030. The quantitative estimate of drug-likeness (QED) is 0.422. The summed E-state index contributed by atoms with van der Waals surface area (Å²) in [6, 6.07) is 17.8. The molecule has 0 saturated carbocycles. The molecule has 1 aromatic heterocycles. The topological polar surface area (TPSA) is 59.4 Å². The van der Waals surface area contributed by atoms with E-state index in [0.717, 1.165) is 48.6 Å². The maximum absolute atomic E-state index is 12.3. The van der Waals surface area contributed by atoms with Crippen LogP contribution >= 0.6 is 35.3 Å². The predicted molar refractivity (Wildman–Crippen MR) is 124 cm³/mol. The van der Waals surface area contributed by atoms with Gasteiger partial charge in [0, 0.05) is 25.3 Å². The number of nitrogens with zero attached hydrogens (tertiary/aromatic N) is 3. The molecule has 0 atom stereocenters. The van der Waals surface area contributed by atoms with Crippen LogP contribution in [0.25, 0.3) is 5.69 Å². The Labute approximate surface area is 188 Å². The van der Waals surface area contributed by atoms with Gasteiger partial charge in [0.15, 0.2) is 8.29 Å². The van der Waals surface area contributed by atoms with E-state index in [1.165, 1.54) is 28.7 Å². The van der Waals surface area contributed by atoms with Crippen LogP contribution in [-0.2, 0) is 16.1 Å². The molecular weight excluding hydrogens is 436 g/mol. The van der Waals surface area contributed by atoms with Crippen LogP contribution in [0.5, 0.6) is 0 Å². The molecule has 0 bridgehead atoms. The molecule has 1 N–H and O–H groups in total. The number of para-hydroxylation sites is 1. The first-order valence-electron chi connectivity index (χ1n) is 9.65. The van der Waals surface area contributed by atoms with E-state index < -0.39 is 0 Å². The molecule has 1 amide bonds. The van der Waals surface area contributed by atoms with Gasteiger partial charge in [0.25, 0.3) is 0 Å². The smallest absolute Gasteiger partial charge is 0.234 e. The van der Waals surface area contributed by atoms with Gasteiger partial charge in [-0.15, -0.1) is 5.10 Å². The van der Waals surface area contributed by atoms with Crippen molar-refractivity contribution in [1.29, 1.82) is 0 Å². The van der Waals surface area contributed by atoms with Gasteiger partial charge in [0.2, 0.25) is 5.91 Å². The molecule has 4 rings (SSSR count). The number of hydrogen-bond acceptors (Lipinski definition) is 7. The van der Waals surface area contributed by atoms with Crippen LogP contribution in [-0.4, -0.2) is 52.6 Å². The molecule has 3 aromatic rings. The third kappa shape index (κ3) is 5.77. The van der Waals surface area contributed by atoms with E-state index in [1.807, 2.05) is 42.5 Å². The summed E-state index contributed by atoms with van der Waals surface area (Å²) in [6.07, 6.45) is 0. The van der Waals surface area contributed by atoms with Gasteiger partial charge < -0.3 is 10.1 Å². The number of carbonyl (C=O) groups is 1. The maximum atomic E-state index is 12.3. The highest BCUT2D eigenvalue weighted by Crippen LogP contribution is 2.24. The van der Waals surface area contributed by atoms with Crippen molar-refractivity contribution in [1.82, 2.24) is 14.7 Å². The molecule has 1 aliphatic rings. The number of nitrogens with one attached hydrogen (secondary N) is 1. The number of anilines is 1. The van der Waals surface area contributed by atoms with E-state index in [1.54, 1.807) is 4.68 Å². The van der Waals surface area contributed by atoms with Crippen LogP contribution in [0.3, 0.4) is 0 Å². The average Bonchev–Trinajstić information content (AvgIpc) is 3.16. The summed E-state index contributed by atoms with van der Waals surface area (Å²) in [5.74, 6) is 0.223. The highest BCUT2D eigenvalue weighted by molar-refractivity contribution is 8.01. The molecule has 9 heteroatoms. The maximum Gasteiger partial charge on any atom is 0.234 e. The first-order valence-corrected chi connectivity index (χ1v) is 11.9. The van der Waals surface area contributed by atoms with Crippen molar-refractivity contribution in [2.75, 3.05) is 37.4 Å². The van der Waals surface area contributed by atoms with Crippen LogP contribution in [0.1, 0.15) is 5.56 Å². The molecule has 1 fully saturated rings. The summed E-state index contributed by atoms with van der Waals surface area (Å²) in [4.78, 5) is 14.7. The van der Waals surface area contributed by atoms with Gasteiger partial charge in [0.1, 0.15) is 0 Å². The van der Waals surface area contributed by atoms with E-state index in [-0.39, 0.29) is 11.7 Å². The Morgan fingerprint density at radius 1 is 1.13 bits per heavy atom. The Morgan fingerprint density at radius 3 is 2.60 bits per heavy atom. The summed E-state index contributed by atoms with van der Waals surface area (Å²) >= 11 is 8.21. The third-order valence-electron chi connectivity index (χ3n) is 4.60. The second kappa shape index (κ2) is 10.3. The average molecular weight is 459 g/mol. The largest absolute Gasteiger partial charge is 0.379 e. The fraction of sp³-hybridized carbons (Fsp3) is 0.286. The number of carbonyl (C=O) groups excluding carboxylic acids is 1. The van der Waals surface area contributed by atoms with E-state index in [9.17, 15) is 4.79 Å². The fourth-order valence-corrected chi connectivity index (χ4v) is 5.25. The van der Waals surface area contributed by atoms with Crippen LogP contribution < -0.4 is 5.32 Å². The number of aromatic nitrogens is 2. The van der Waals surface area contributed by atoms with Gasteiger partial charge in [-0.05, 0) is 42.0 Å². The molecule has 1 aliphatic heterocycles. The van der Waals surface area contributed by atoms with E-state index in [4.69, 9.17) is 17.0 Å². The number of ether oxygens (including phenoxy) is 1. The molecular formula is C21H22N4O2S3. The minimum absolute atomic E-state index is 0.0618. The standard InChI is InChI=1S/C21H22N4O2S3/c26-19(15-29-20-23-25(21(28)30-20)18-4-2-1-3-5-18)22-17-8-6-16(7-9-17)14-24-10-12-27-13-11-24/h1-9H,10-15H2,(H,22,26). The third-order valence-corrected chi connectivity index (χ3v) is 6.97. The molecule has 30 heavy (non-hydrogen) atoms. The molecule has 0 spiro atoms. The number of rotatable bonds is 7. The number of thioether (sulfide) groups is 1. The molecule has 1 saturated heterocycles. The van der Waals surface area contributed by atoms with Crippen molar-refractivity contribution in [3.63, 3.8) is 0 Å². The zero-order valence-corrected chi connectivity index (χ0v) is 18.8. The first-order chi connectivity index (χ1) is 14.7. The summed E-state index contributed by atoms with van der Waals surface area (Å²) in [5, 5.41) is 7.47. The Hall–Kier alpha value is -2.04. The number of amides is 1. The van der Waals surface area contributed by atoms with Gasteiger partial charge in [-0.1, -0.05) is 53.4 Å². The van der Waals surface area contributed by atoms with Crippen molar-refractivity contribution in [2.24, 2.45) is 0 Å². The second-order valence-electron chi connectivity index (χ2n) is 6.80. The normalized spacial score (nSPS) is 14.5. The highest BCUT2D eigenvalue weighted by atomic mass is 32.2. The van der Waals surface area contributed by atoms with Crippen molar-refractivity contribution in [2.45, 2.75) is 10.9 Å². The molecule has 2 aromatic carbocycles. The summed E-state index contributed by atoms with van der Waals surface area (Å²) in [7, 11) is 0. The minimum Gasteiger partial charge on any atom is -0.379 e. The van der Waals surface area contributed by atoms with Crippen molar-refractivity contribution in [3.05, 3.63) is 64.1 Å². The molecule has 0 unspecified atom stereocenters. The van der Waals surface area contributed by atoms with Gasteiger partial charge in [0.05, 0.1) is 24.7 Å². The lowest BCUT2D eigenvalue weighted by molar-refractivity contribution is -0.113. The fourth-order valence-electron chi connectivity index (χ4n) is 3.09. The molecule has 0 radical (unpaired) electrons. The van der Waals surface area contributed by atoms with Crippen LogP contribution in [0.2, 0.25) is 0 Å². The van der Waals surface area contributed by atoms with Crippen LogP contribution in [0, 0.1) is 3.95 Å². The SMILES string of the molecule is O=C(CSc1nn(-c2ccccc2)c(=S)s1)Nc1ccc(CN2CCOCC2)cc1. The number of hydrogen-bond donors (Lipinski definition) is 1. The van der Waals surface area contributed by atoms with Gasteiger partial charge in [-0.3, -0.25) is 9.69 Å². The summed E-state index contributed by atoms with van der Waals surface area (Å²) in [6.45, 7) is 4.42. The van der Waals surface area contributed by atoms with Crippen LogP contribution in [0.4, 0.5) is 5.69 Å². The van der Waals surface area contributed by atoms with Crippen molar-refractivity contribution in [3.8, 4) is 5.69 Å². The molecule has 156 valence electrons. The zero-order chi connectivity index (χ0) is 20.8. The molecule has 6 nitrogen and oxygen atoms in total. The van der Waals surface area contributed by atoms with Crippen molar-refractivity contribution < 1.29 is 9.53 Å². The number of morpholine rings is 1. The Balaban J connectivity index is 1.28.